The quantitative estimate of drug-likeness (QED) is 0.513. The van der Waals surface area contributed by atoms with Crippen LogP contribution in [0.15, 0.2) is 54.6 Å². The first-order chi connectivity index (χ1) is 14.3. The molecular weight excluding hydrogens is 429 g/mol. The van der Waals surface area contributed by atoms with E-state index in [4.69, 9.17) is 32.7 Å². The smallest absolute Gasteiger partial charge is 0.337 e. The molecule has 0 aliphatic heterocycles. The topological polar surface area (TPSA) is 84.9 Å². The van der Waals surface area contributed by atoms with Gasteiger partial charge in [0.05, 0.1) is 36.1 Å². The van der Waals surface area contributed by atoms with Crippen LogP contribution in [-0.4, -0.2) is 31.2 Å². The van der Waals surface area contributed by atoms with Gasteiger partial charge in [-0.05, 0) is 54.1 Å². The van der Waals surface area contributed by atoms with E-state index in [1.54, 1.807) is 24.3 Å². The van der Waals surface area contributed by atoms with Crippen molar-refractivity contribution in [2.75, 3.05) is 19.5 Å². The SMILES string of the molecule is COc1ccc(OC)c(-c2ccc(NC(=O)c3ccc(Cl)cc3Cl)c(C(=O)O)c2)c1. The van der Waals surface area contributed by atoms with Crippen LogP contribution in [0.5, 0.6) is 11.5 Å². The van der Waals surface area contributed by atoms with Gasteiger partial charge in [0.2, 0.25) is 0 Å². The van der Waals surface area contributed by atoms with E-state index in [2.05, 4.69) is 5.32 Å². The molecule has 0 saturated carbocycles. The Labute approximate surface area is 183 Å². The summed E-state index contributed by atoms with van der Waals surface area (Å²) in [7, 11) is 3.06. The van der Waals surface area contributed by atoms with Gasteiger partial charge in [-0.15, -0.1) is 0 Å². The van der Waals surface area contributed by atoms with Crippen LogP contribution in [0.4, 0.5) is 5.69 Å². The van der Waals surface area contributed by atoms with Gasteiger partial charge >= 0.3 is 5.97 Å². The van der Waals surface area contributed by atoms with Crippen molar-refractivity contribution < 1.29 is 24.2 Å². The highest BCUT2D eigenvalue weighted by atomic mass is 35.5. The lowest BCUT2D eigenvalue weighted by Crippen LogP contribution is -2.15. The van der Waals surface area contributed by atoms with E-state index in [1.807, 2.05) is 0 Å². The maximum Gasteiger partial charge on any atom is 0.337 e. The highest BCUT2D eigenvalue weighted by Crippen LogP contribution is 2.35. The molecule has 154 valence electrons. The Morgan fingerprint density at radius 3 is 2.30 bits per heavy atom. The number of hydrogen-bond donors (Lipinski definition) is 2. The number of aromatic carboxylic acids is 1. The Hall–Kier alpha value is -3.22. The van der Waals surface area contributed by atoms with Crippen molar-refractivity contribution in [2.24, 2.45) is 0 Å². The molecule has 0 spiro atoms. The second-order valence-corrected chi connectivity index (χ2v) is 7.05. The highest BCUT2D eigenvalue weighted by molar-refractivity contribution is 6.37. The second kappa shape index (κ2) is 9.07. The van der Waals surface area contributed by atoms with Crippen LogP contribution in [-0.2, 0) is 0 Å². The van der Waals surface area contributed by atoms with Crippen molar-refractivity contribution in [2.45, 2.75) is 0 Å². The van der Waals surface area contributed by atoms with E-state index in [0.717, 1.165) is 0 Å². The van der Waals surface area contributed by atoms with Crippen LogP contribution in [0.3, 0.4) is 0 Å². The number of amides is 1. The van der Waals surface area contributed by atoms with Gasteiger partial charge in [-0.1, -0.05) is 29.3 Å². The molecule has 0 aromatic heterocycles. The van der Waals surface area contributed by atoms with Gasteiger partial charge in [0.15, 0.2) is 0 Å². The molecule has 0 fully saturated rings. The first-order valence-corrected chi connectivity index (χ1v) is 9.45. The number of benzene rings is 3. The average molecular weight is 446 g/mol. The summed E-state index contributed by atoms with van der Waals surface area (Å²) < 4.78 is 10.6. The summed E-state index contributed by atoms with van der Waals surface area (Å²) in [6.07, 6.45) is 0. The Balaban J connectivity index is 2.01. The predicted octanol–water partition coefficient (Wildman–Crippen LogP) is 5.63. The molecule has 8 heteroatoms. The van der Waals surface area contributed by atoms with E-state index < -0.39 is 11.9 Å². The van der Waals surface area contributed by atoms with Crippen molar-refractivity contribution in [3.8, 4) is 22.6 Å². The number of rotatable bonds is 6. The average Bonchev–Trinajstić information content (AvgIpc) is 2.73. The number of methoxy groups -OCH3 is 2. The molecule has 0 saturated heterocycles. The largest absolute Gasteiger partial charge is 0.497 e. The fraction of sp³-hybridized carbons (Fsp3) is 0.0909. The predicted molar refractivity (Wildman–Crippen MR) is 116 cm³/mol. The summed E-state index contributed by atoms with van der Waals surface area (Å²) in [6.45, 7) is 0. The van der Waals surface area contributed by atoms with Gasteiger partial charge in [0, 0.05) is 10.6 Å². The summed E-state index contributed by atoms with van der Waals surface area (Å²) in [5.74, 6) is -0.601. The van der Waals surface area contributed by atoms with Crippen molar-refractivity contribution >= 4 is 40.8 Å². The molecule has 1 amide bonds. The maximum absolute atomic E-state index is 12.6. The molecular formula is C22H17Cl2NO5. The maximum atomic E-state index is 12.6. The van der Waals surface area contributed by atoms with Crippen LogP contribution in [0.2, 0.25) is 10.0 Å². The van der Waals surface area contributed by atoms with E-state index in [1.165, 1.54) is 44.6 Å². The number of carboxylic acids is 1. The van der Waals surface area contributed by atoms with Crippen LogP contribution >= 0.6 is 23.2 Å². The Kier molecular flexibility index (Phi) is 6.50. The minimum Gasteiger partial charge on any atom is -0.497 e. The molecule has 2 N–H and O–H groups in total. The third-order valence-corrected chi connectivity index (χ3v) is 4.94. The summed E-state index contributed by atoms with van der Waals surface area (Å²) in [6, 6.07) is 14.3. The monoisotopic (exact) mass is 445 g/mol. The summed E-state index contributed by atoms with van der Waals surface area (Å²) in [5, 5.41) is 12.8. The molecule has 30 heavy (non-hydrogen) atoms. The summed E-state index contributed by atoms with van der Waals surface area (Å²) >= 11 is 11.9. The number of nitrogens with one attached hydrogen (secondary N) is 1. The Bertz CT molecular complexity index is 1130. The zero-order valence-electron chi connectivity index (χ0n) is 16.0. The molecule has 3 aromatic carbocycles. The van der Waals surface area contributed by atoms with Gasteiger partial charge in [-0.2, -0.15) is 0 Å². The van der Waals surface area contributed by atoms with Crippen molar-refractivity contribution in [3.05, 3.63) is 75.8 Å². The van der Waals surface area contributed by atoms with E-state index >= 15 is 0 Å². The fourth-order valence-electron chi connectivity index (χ4n) is 2.90. The number of carbonyl (C=O) groups excluding carboxylic acids is 1. The summed E-state index contributed by atoms with van der Waals surface area (Å²) in [4.78, 5) is 24.5. The standard InChI is InChI=1S/C22H17Cl2NO5/c1-29-14-5-8-20(30-2)16(11-14)12-3-7-19(17(9-12)22(27)28)25-21(26)15-6-4-13(23)10-18(15)24/h3-11H,1-2H3,(H,25,26)(H,27,28). The molecule has 3 aromatic rings. The Morgan fingerprint density at radius 2 is 1.67 bits per heavy atom. The molecule has 0 bridgehead atoms. The van der Waals surface area contributed by atoms with Crippen LogP contribution in [0.1, 0.15) is 20.7 Å². The van der Waals surface area contributed by atoms with Crippen molar-refractivity contribution in [3.63, 3.8) is 0 Å². The first-order valence-electron chi connectivity index (χ1n) is 8.70. The fourth-order valence-corrected chi connectivity index (χ4v) is 3.39. The molecule has 0 heterocycles. The zero-order valence-corrected chi connectivity index (χ0v) is 17.5. The molecule has 6 nitrogen and oxygen atoms in total. The number of carbonyl (C=O) groups is 2. The van der Waals surface area contributed by atoms with Gasteiger partial charge in [-0.3, -0.25) is 4.79 Å². The lowest BCUT2D eigenvalue weighted by Gasteiger charge is -2.14. The lowest BCUT2D eigenvalue weighted by atomic mass is 10.00. The third-order valence-electron chi connectivity index (χ3n) is 4.39. The Morgan fingerprint density at radius 1 is 0.900 bits per heavy atom. The van der Waals surface area contributed by atoms with Gasteiger partial charge in [-0.25, -0.2) is 4.79 Å². The number of hydrogen-bond acceptors (Lipinski definition) is 4. The van der Waals surface area contributed by atoms with Gasteiger partial charge in [0.1, 0.15) is 11.5 Å². The van der Waals surface area contributed by atoms with Gasteiger partial charge in [0.25, 0.3) is 5.91 Å². The van der Waals surface area contributed by atoms with E-state index in [0.29, 0.717) is 27.6 Å². The van der Waals surface area contributed by atoms with E-state index in [-0.39, 0.29) is 21.8 Å². The highest BCUT2D eigenvalue weighted by Gasteiger charge is 2.18. The van der Waals surface area contributed by atoms with Gasteiger partial charge < -0.3 is 19.9 Å². The number of carboxylic acid groups (broad SMARTS) is 1. The van der Waals surface area contributed by atoms with Crippen molar-refractivity contribution in [1.82, 2.24) is 0 Å². The molecule has 0 aliphatic rings. The summed E-state index contributed by atoms with van der Waals surface area (Å²) in [5.41, 5.74) is 1.46. The zero-order chi connectivity index (χ0) is 21.8. The molecule has 0 unspecified atom stereocenters. The second-order valence-electron chi connectivity index (χ2n) is 6.21. The molecule has 0 radical (unpaired) electrons. The first kappa shape index (κ1) is 21.5. The molecule has 3 rings (SSSR count). The van der Waals surface area contributed by atoms with E-state index in [9.17, 15) is 14.7 Å². The number of halogens is 2. The minimum atomic E-state index is -1.20. The van der Waals surface area contributed by atoms with Crippen LogP contribution in [0.25, 0.3) is 11.1 Å². The van der Waals surface area contributed by atoms with Crippen LogP contribution < -0.4 is 14.8 Å². The molecule has 0 aliphatic carbocycles. The lowest BCUT2D eigenvalue weighted by molar-refractivity contribution is 0.0698. The van der Waals surface area contributed by atoms with Crippen LogP contribution in [0, 0.1) is 0 Å². The number of anilines is 1. The minimum absolute atomic E-state index is 0.0872. The normalized spacial score (nSPS) is 10.4. The van der Waals surface area contributed by atoms with Crippen molar-refractivity contribution in [1.29, 1.82) is 0 Å². The third kappa shape index (κ3) is 4.50. The molecule has 0 atom stereocenters. The number of ether oxygens (including phenoxy) is 2.